The minimum Gasteiger partial charge on any atom is -0.296 e. The van der Waals surface area contributed by atoms with E-state index in [2.05, 4.69) is 10.3 Å². The monoisotopic (exact) mass is 153 g/mol. The summed E-state index contributed by atoms with van der Waals surface area (Å²) in [6.07, 6.45) is 1.55. The van der Waals surface area contributed by atoms with Crippen molar-refractivity contribution in [3.8, 4) is 0 Å². The van der Waals surface area contributed by atoms with Gasteiger partial charge in [0.25, 0.3) is 0 Å². The van der Waals surface area contributed by atoms with Gasteiger partial charge in [0.2, 0.25) is 0 Å². The van der Waals surface area contributed by atoms with Gasteiger partial charge in [-0.05, 0) is 13.3 Å². The first-order valence-corrected chi connectivity index (χ1v) is 3.71. The summed E-state index contributed by atoms with van der Waals surface area (Å²) in [6, 6.07) is 0. The van der Waals surface area contributed by atoms with E-state index in [0.717, 1.165) is 24.9 Å². The van der Waals surface area contributed by atoms with Gasteiger partial charge in [-0.25, -0.2) is 4.68 Å². The topological polar surface area (TPSA) is 47.8 Å². The summed E-state index contributed by atoms with van der Waals surface area (Å²) in [6.45, 7) is 4.73. The zero-order valence-corrected chi connectivity index (χ0v) is 6.74. The number of carbonyl (C=O) groups is 1. The predicted octanol–water partition coefficient (Wildman–Crippen LogP) is 0.673. The van der Waals surface area contributed by atoms with E-state index in [4.69, 9.17) is 0 Å². The van der Waals surface area contributed by atoms with Crippen molar-refractivity contribution in [3.63, 3.8) is 0 Å². The Labute approximate surface area is 65.2 Å². The molecular weight excluding hydrogens is 142 g/mol. The molecule has 0 atom stereocenters. The molecule has 60 valence electrons. The molecule has 0 saturated carbocycles. The van der Waals surface area contributed by atoms with Crippen LogP contribution in [0.4, 0.5) is 0 Å². The Balaban J connectivity index is 3.08. The number of aldehydes is 1. The number of aromatic nitrogens is 3. The number of nitrogens with zero attached hydrogens (tertiary/aromatic N) is 3. The fourth-order valence-corrected chi connectivity index (χ4v) is 1.06. The molecule has 0 aliphatic carbocycles. The summed E-state index contributed by atoms with van der Waals surface area (Å²) in [4.78, 5) is 10.4. The van der Waals surface area contributed by atoms with Crippen molar-refractivity contribution in [3.05, 3.63) is 11.4 Å². The molecule has 1 heterocycles. The van der Waals surface area contributed by atoms with Crippen LogP contribution in [0.2, 0.25) is 0 Å². The van der Waals surface area contributed by atoms with Gasteiger partial charge in [0.1, 0.15) is 5.69 Å². The summed E-state index contributed by atoms with van der Waals surface area (Å²) >= 11 is 0. The van der Waals surface area contributed by atoms with E-state index in [1.54, 1.807) is 4.68 Å². The minimum absolute atomic E-state index is 0.467. The third-order valence-corrected chi connectivity index (χ3v) is 1.61. The molecule has 0 spiro atoms. The third-order valence-electron chi connectivity index (χ3n) is 1.61. The average molecular weight is 153 g/mol. The Morgan fingerprint density at radius 1 is 1.55 bits per heavy atom. The fourth-order valence-electron chi connectivity index (χ4n) is 1.06. The summed E-state index contributed by atoms with van der Waals surface area (Å²) in [7, 11) is 0. The molecule has 1 rings (SSSR count). The second kappa shape index (κ2) is 3.27. The molecule has 0 aliphatic heterocycles. The van der Waals surface area contributed by atoms with E-state index in [1.165, 1.54) is 0 Å². The van der Waals surface area contributed by atoms with Gasteiger partial charge in [-0.2, -0.15) is 0 Å². The van der Waals surface area contributed by atoms with Crippen molar-refractivity contribution in [2.45, 2.75) is 26.8 Å². The van der Waals surface area contributed by atoms with Crippen LogP contribution < -0.4 is 0 Å². The molecule has 0 bridgehead atoms. The zero-order valence-electron chi connectivity index (χ0n) is 6.74. The van der Waals surface area contributed by atoms with Gasteiger partial charge in [0.05, 0.1) is 5.69 Å². The highest BCUT2D eigenvalue weighted by molar-refractivity contribution is 5.73. The SMILES string of the molecule is CCc1c(C=O)nnn1CC. The zero-order chi connectivity index (χ0) is 8.27. The number of hydrogen-bond donors (Lipinski definition) is 0. The fraction of sp³-hybridized carbons (Fsp3) is 0.571. The number of carbonyl (C=O) groups excluding carboxylic acids is 1. The Bertz CT molecular complexity index is 254. The maximum Gasteiger partial charge on any atom is 0.172 e. The lowest BCUT2D eigenvalue weighted by atomic mass is 10.3. The predicted molar refractivity (Wildman–Crippen MR) is 40.5 cm³/mol. The molecule has 0 aliphatic rings. The van der Waals surface area contributed by atoms with Gasteiger partial charge < -0.3 is 0 Å². The van der Waals surface area contributed by atoms with E-state index in [9.17, 15) is 4.79 Å². The Kier molecular flexibility index (Phi) is 2.36. The Morgan fingerprint density at radius 2 is 2.27 bits per heavy atom. The van der Waals surface area contributed by atoms with Crippen LogP contribution in [0.15, 0.2) is 0 Å². The van der Waals surface area contributed by atoms with Crippen LogP contribution in [0.3, 0.4) is 0 Å². The smallest absolute Gasteiger partial charge is 0.172 e. The van der Waals surface area contributed by atoms with Crippen LogP contribution in [0, 0.1) is 0 Å². The minimum atomic E-state index is 0.467. The second-order valence-electron chi connectivity index (χ2n) is 2.21. The van der Waals surface area contributed by atoms with E-state index >= 15 is 0 Å². The molecule has 11 heavy (non-hydrogen) atoms. The standard InChI is InChI=1S/C7H11N3O/c1-3-7-6(5-11)8-9-10(7)4-2/h5H,3-4H2,1-2H3. The molecule has 0 N–H and O–H groups in total. The lowest BCUT2D eigenvalue weighted by Crippen LogP contribution is -2.02. The lowest BCUT2D eigenvalue weighted by molar-refractivity contribution is 0.111. The van der Waals surface area contributed by atoms with E-state index < -0.39 is 0 Å². The number of rotatable bonds is 3. The second-order valence-corrected chi connectivity index (χ2v) is 2.21. The van der Waals surface area contributed by atoms with Crippen LogP contribution in [-0.2, 0) is 13.0 Å². The van der Waals surface area contributed by atoms with Crippen LogP contribution in [0.25, 0.3) is 0 Å². The maximum absolute atomic E-state index is 10.4. The van der Waals surface area contributed by atoms with E-state index in [1.807, 2.05) is 13.8 Å². The molecule has 4 nitrogen and oxygen atoms in total. The first-order chi connectivity index (χ1) is 5.33. The first kappa shape index (κ1) is 7.91. The average Bonchev–Trinajstić information content (AvgIpc) is 2.45. The van der Waals surface area contributed by atoms with Crippen LogP contribution in [0.1, 0.15) is 30.0 Å². The highest BCUT2D eigenvalue weighted by atomic mass is 16.1. The van der Waals surface area contributed by atoms with Crippen LogP contribution in [-0.4, -0.2) is 21.3 Å². The van der Waals surface area contributed by atoms with Crippen molar-refractivity contribution < 1.29 is 4.79 Å². The molecular formula is C7H11N3O. The molecule has 0 aromatic carbocycles. The Morgan fingerprint density at radius 3 is 2.73 bits per heavy atom. The van der Waals surface area contributed by atoms with Gasteiger partial charge in [0, 0.05) is 6.54 Å². The van der Waals surface area contributed by atoms with Gasteiger partial charge in [-0.1, -0.05) is 12.1 Å². The highest BCUT2D eigenvalue weighted by Crippen LogP contribution is 2.02. The highest BCUT2D eigenvalue weighted by Gasteiger charge is 2.07. The lowest BCUT2D eigenvalue weighted by Gasteiger charge is -1.98. The molecule has 0 unspecified atom stereocenters. The van der Waals surface area contributed by atoms with Crippen LogP contribution >= 0.6 is 0 Å². The van der Waals surface area contributed by atoms with E-state index in [0.29, 0.717) is 5.69 Å². The van der Waals surface area contributed by atoms with Crippen LogP contribution in [0.5, 0.6) is 0 Å². The first-order valence-electron chi connectivity index (χ1n) is 3.71. The van der Waals surface area contributed by atoms with E-state index in [-0.39, 0.29) is 0 Å². The Hall–Kier alpha value is -1.19. The molecule has 0 fully saturated rings. The van der Waals surface area contributed by atoms with Crippen molar-refractivity contribution in [2.75, 3.05) is 0 Å². The molecule has 1 aromatic rings. The summed E-state index contributed by atoms with van der Waals surface area (Å²) < 4.78 is 1.74. The van der Waals surface area contributed by atoms with Gasteiger partial charge in [-0.3, -0.25) is 4.79 Å². The van der Waals surface area contributed by atoms with Gasteiger partial charge in [0.15, 0.2) is 6.29 Å². The van der Waals surface area contributed by atoms with Gasteiger partial charge in [-0.15, -0.1) is 5.10 Å². The number of aryl methyl sites for hydroxylation is 1. The molecule has 1 aromatic heterocycles. The number of hydrogen-bond acceptors (Lipinski definition) is 3. The summed E-state index contributed by atoms with van der Waals surface area (Å²) in [5.74, 6) is 0. The third kappa shape index (κ3) is 1.29. The van der Waals surface area contributed by atoms with Gasteiger partial charge >= 0.3 is 0 Å². The van der Waals surface area contributed by atoms with Crippen molar-refractivity contribution in [1.82, 2.24) is 15.0 Å². The summed E-state index contributed by atoms with van der Waals surface area (Å²) in [5, 5.41) is 7.53. The van der Waals surface area contributed by atoms with Crippen molar-refractivity contribution >= 4 is 6.29 Å². The van der Waals surface area contributed by atoms with Crippen molar-refractivity contribution in [1.29, 1.82) is 0 Å². The maximum atomic E-state index is 10.4. The largest absolute Gasteiger partial charge is 0.296 e. The molecule has 0 radical (unpaired) electrons. The molecule has 0 saturated heterocycles. The normalized spacial score (nSPS) is 10.0. The molecule has 0 amide bonds. The quantitative estimate of drug-likeness (QED) is 0.600. The molecule has 4 heteroatoms. The van der Waals surface area contributed by atoms with Crippen molar-refractivity contribution in [2.24, 2.45) is 0 Å². The summed E-state index contributed by atoms with van der Waals surface area (Å²) in [5.41, 5.74) is 1.39.